The van der Waals surface area contributed by atoms with Gasteiger partial charge in [0.15, 0.2) is 5.11 Å². The van der Waals surface area contributed by atoms with Crippen LogP contribution in [0.5, 0.6) is 0 Å². The van der Waals surface area contributed by atoms with Gasteiger partial charge in [0.25, 0.3) is 0 Å². The molecule has 0 aliphatic heterocycles. The predicted molar refractivity (Wildman–Crippen MR) is 98.0 cm³/mol. The van der Waals surface area contributed by atoms with Crippen LogP contribution in [-0.2, 0) is 11.2 Å². The zero-order valence-corrected chi connectivity index (χ0v) is 16.1. The Hall–Kier alpha value is -1.14. The largest absolute Gasteiger partial charge is 0.465 e. The van der Waals surface area contributed by atoms with Gasteiger partial charge in [0.1, 0.15) is 5.00 Å². The highest BCUT2D eigenvalue weighted by atomic mass is 32.1. The van der Waals surface area contributed by atoms with E-state index in [1.54, 1.807) is 0 Å². The molecule has 1 aromatic rings. The number of thiophene rings is 1. The van der Waals surface area contributed by atoms with Crippen LogP contribution in [-0.4, -0.2) is 24.2 Å². The first-order valence-corrected chi connectivity index (χ1v) is 8.62. The van der Waals surface area contributed by atoms with Crippen LogP contribution >= 0.6 is 23.6 Å². The molecule has 1 atom stereocenters. The van der Waals surface area contributed by atoms with E-state index in [4.69, 9.17) is 17.0 Å². The van der Waals surface area contributed by atoms with E-state index in [1.807, 2.05) is 13.8 Å². The summed E-state index contributed by atoms with van der Waals surface area (Å²) in [4.78, 5) is 13.2. The summed E-state index contributed by atoms with van der Waals surface area (Å²) in [5, 5.41) is 7.71. The number of hydrogen-bond acceptors (Lipinski definition) is 4. The van der Waals surface area contributed by atoms with Gasteiger partial charge in [-0.15, -0.1) is 11.3 Å². The molecule has 0 spiro atoms. The van der Waals surface area contributed by atoms with Gasteiger partial charge in [0.2, 0.25) is 0 Å². The Bertz CT molecular complexity index is 559. The van der Waals surface area contributed by atoms with Gasteiger partial charge in [-0.05, 0) is 43.5 Å². The molecule has 0 aliphatic carbocycles. The molecular formula is C16H26N2O2S2. The minimum absolute atomic E-state index is 0.0941. The molecule has 0 saturated heterocycles. The maximum atomic E-state index is 12.1. The van der Waals surface area contributed by atoms with Crippen molar-refractivity contribution >= 4 is 39.6 Å². The van der Waals surface area contributed by atoms with Crippen molar-refractivity contribution in [2.24, 2.45) is 5.41 Å². The third-order valence-electron chi connectivity index (χ3n) is 3.83. The van der Waals surface area contributed by atoms with Gasteiger partial charge >= 0.3 is 5.97 Å². The summed E-state index contributed by atoms with van der Waals surface area (Å²) in [5.41, 5.74) is 1.71. The summed E-state index contributed by atoms with van der Waals surface area (Å²) >= 11 is 6.92. The first kappa shape index (κ1) is 18.9. The molecule has 1 heterocycles. The molecule has 1 unspecified atom stereocenters. The van der Waals surface area contributed by atoms with Gasteiger partial charge in [-0.2, -0.15) is 0 Å². The molecule has 1 aromatic heterocycles. The summed E-state index contributed by atoms with van der Waals surface area (Å²) < 4.78 is 4.91. The molecule has 0 aliphatic rings. The van der Waals surface area contributed by atoms with E-state index < -0.39 is 0 Å². The lowest BCUT2D eigenvalue weighted by atomic mass is 9.88. The van der Waals surface area contributed by atoms with E-state index >= 15 is 0 Å². The molecule has 0 saturated carbocycles. The average molecular weight is 343 g/mol. The Morgan fingerprint density at radius 2 is 2.00 bits per heavy atom. The lowest BCUT2D eigenvalue weighted by Crippen LogP contribution is -2.43. The molecule has 4 nitrogen and oxygen atoms in total. The van der Waals surface area contributed by atoms with Crippen molar-refractivity contribution in [3.8, 4) is 0 Å². The summed E-state index contributed by atoms with van der Waals surface area (Å²) in [6, 6.07) is 0.209. The Morgan fingerprint density at radius 1 is 1.41 bits per heavy atom. The first-order valence-electron chi connectivity index (χ1n) is 7.39. The normalized spacial score (nSPS) is 12.7. The first-order chi connectivity index (χ1) is 10.1. The third kappa shape index (κ3) is 4.43. The van der Waals surface area contributed by atoms with Crippen LogP contribution in [0.1, 0.15) is 55.4 Å². The second-order valence-electron chi connectivity index (χ2n) is 6.37. The van der Waals surface area contributed by atoms with Crippen molar-refractivity contribution < 1.29 is 9.53 Å². The number of carbonyl (C=O) groups excluding carboxylic acids is 1. The fraction of sp³-hybridized carbons (Fsp3) is 0.625. The van der Waals surface area contributed by atoms with Crippen molar-refractivity contribution in [2.45, 2.75) is 54.0 Å². The van der Waals surface area contributed by atoms with Crippen LogP contribution in [0.2, 0.25) is 0 Å². The van der Waals surface area contributed by atoms with Gasteiger partial charge in [0.05, 0.1) is 12.7 Å². The Kier molecular flexibility index (Phi) is 6.38. The minimum Gasteiger partial charge on any atom is -0.465 e. The monoisotopic (exact) mass is 342 g/mol. The van der Waals surface area contributed by atoms with E-state index in [-0.39, 0.29) is 17.4 Å². The molecule has 0 fully saturated rings. The number of anilines is 1. The van der Waals surface area contributed by atoms with Gasteiger partial charge in [-0.1, -0.05) is 27.7 Å². The van der Waals surface area contributed by atoms with Gasteiger partial charge < -0.3 is 15.4 Å². The molecular weight excluding hydrogens is 316 g/mol. The number of nitrogens with one attached hydrogen (secondary N) is 2. The van der Waals surface area contributed by atoms with E-state index in [0.717, 1.165) is 21.9 Å². The molecule has 0 bridgehead atoms. The Morgan fingerprint density at radius 3 is 2.45 bits per heavy atom. The maximum absolute atomic E-state index is 12.1. The van der Waals surface area contributed by atoms with Crippen LogP contribution < -0.4 is 10.6 Å². The highest BCUT2D eigenvalue weighted by Gasteiger charge is 2.24. The van der Waals surface area contributed by atoms with Gasteiger partial charge in [-0.25, -0.2) is 4.79 Å². The zero-order chi connectivity index (χ0) is 17.1. The van der Waals surface area contributed by atoms with Crippen molar-refractivity contribution in [2.75, 3.05) is 12.4 Å². The highest BCUT2D eigenvalue weighted by Crippen LogP contribution is 2.34. The van der Waals surface area contributed by atoms with E-state index in [2.05, 4.69) is 38.3 Å². The van der Waals surface area contributed by atoms with Crippen molar-refractivity contribution in [3.05, 3.63) is 16.0 Å². The molecule has 6 heteroatoms. The number of rotatable bonds is 4. The van der Waals surface area contributed by atoms with Crippen LogP contribution in [0.15, 0.2) is 0 Å². The Balaban J connectivity index is 2.98. The van der Waals surface area contributed by atoms with Crippen LogP contribution in [0.4, 0.5) is 5.00 Å². The van der Waals surface area contributed by atoms with Crippen molar-refractivity contribution in [1.29, 1.82) is 0 Å². The number of aryl methyl sites for hydroxylation is 1. The second kappa shape index (κ2) is 7.42. The number of thiocarbonyl (C=S) groups is 1. The molecule has 0 aromatic carbocycles. The molecule has 0 radical (unpaired) electrons. The number of carbonyl (C=O) groups is 1. The van der Waals surface area contributed by atoms with Crippen molar-refractivity contribution in [3.63, 3.8) is 0 Å². The van der Waals surface area contributed by atoms with Gasteiger partial charge in [0, 0.05) is 10.9 Å². The van der Waals surface area contributed by atoms with Crippen molar-refractivity contribution in [1.82, 2.24) is 5.32 Å². The molecule has 0 amide bonds. The number of esters is 1. The maximum Gasteiger partial charge on any atom is 0.341 e. The van der Waals surface area contributed by atoms with Crippen LogP contribution in [0.3, 0.4) is 0 Å². The third-order valence-corrected chi connectivity index (χ3v) is 5.11. The highest BCUT2D eigenvalue weighted by molar-refractivity contribution is 7.80. The number of hydrogen-bond donors (Lipinski definition) is 2. The number of methoxy groups -OCH3 is 1. The summed E-state index contributed by atoms with van der Waals surface area (Å²) in [5.74, 6) is -0.324. The van der Waals surface area contributed by atoms with Crippen LogP contribution in [0, 0.1) is 12.3 Å². The molecule has 2 N–H and O–H groups in total. The predicted octanol–water partition coefficient (Wildman–Crippen LogP) is 4.13. The Labute approximate surface area is 142 Å². The minimum atomic E-state index is -0.324. The van der Waals surface area contributed by atoms with Gasteiger partial charge in [-0.3, -0.25) is 0 Å². The fourth-order valence-electron chi connectivity index (χ4n) is 1.96. The standard InChI is InChI=1S/C16H26N2O2S2/c1-8-11-9(2)22-13(12(11)14(19)20-7)18-15(21)17-10(3)16(4,5)6/h10H,8H2,1-7H3,(H2,17,18,21). The van der Waals surface area contributed by atoms with E-state index in [9.17, 15) is 4.79 Å². The molecule has 124 valence electrons. The lowest BCUT2D eigenvalue weighted by Gasteiger charge is -2.29. The quantitative estimate of drug-likeness (QED) is 0.636. The molecule has 22 heavy (non-hydrogen) atoms. The lowest BCUT2D eigenvalue weighted by molar-refractivity contribution is 0.0601. The smallest absolute Gasteiger partial charge is 0.341 e. The second-order valence-corrected chi connectivity index (χ2v) is 8.01. The summed E-state index contributed by atoms with van der Waals surface area (Å²) in [6.07, 6.45) is 0.785. The SMILES string of the molecule is CCc1c(C)sc(NC(=S)NC(C)C(C)(C)C)c1C(=O)OC. The van der Waals surface area contributed by atoms with Crippen LogP contribution in [0.25, 0.3) is 0 Å². The average Bonchev–Trinajstić information content (AvgIpc) is 2.72. The summed E-state index contributed by atoms with van der Waals surface area (Å²) in [6.45, 7) is 12.6. The fourth-order valence-corrected chi connectivity index (χ4v) is 3.44. The van der Waals surface area contributed by atoms with E-state index in [1.165, 1.54) is 18.4 Å². The summed E-state index contributed by atoms with van der Waals surface area (Å²) in [7, 11) is 1.40. The topological polar surface area (TPSA) is 50.4 Å². The zero-order valence-electron chi connectivity index (χ0n) is 14.4. The molecule has 1 rings (SSSR count). The number of ether oxygens (including phenoxy) is 1. The van der Waals surface area contributed by atoms with E-state index in [0.29, 0.717) is 10.7 Å².